The molecule has 1 aromatic heterocycles. The average molecular weight is 295 g/mol. The second-order valence-corrected chi connectivity index (χ2v) is 6.41. The third-order valence-corrected chi connectivity index (χ3v) is 3.36. The molecular formula is C15H31N6-. The van der Waals surface area contributed by atoms with Crippen LogP contribution in [-0.4, -0.2) is 93.2 Å². The van der Waals surface area contributed by atoms with E-state index in [4.69, 9.17) is 0 Å². The molecule has 0 N–H and O–H groups in total. The van der Waals surface area contributed by atoms with Gasteiger partial charge in [-0.3, -0.25) is 4.90 Å². The molecule has 0 bridgehead atoms. The Morgan fingerprint density at radius 2 is 1.33 bits per heavy atom. The molecule has 0 amide bonds. The number of hydrogen-bond acceptors (Lipinski definition) is 5. The molecule has 1 aromatic rings. The zero-order valence-corrected chi connectivity index (χ0v) is 14.5. The molecule has 0 aromatic carbocycles. The number of hydrogen-bond donors (Lipinski definition) is 0. The number of aromatic nitrogens is 2. The third kappa shape index (κ3) is 8.16. The van der Waals surface area contributed by atoms with Gasteiger partial charge in [0.25, 0.3) is 0 Å². The summed E-state index contributed by atoms with van der Waals surface area (Å²) >= 11 is 0. The van der Waals surface area contributed by atoms with Gasteiger partial charge in [0.1, 0.15) is 0 Å². The van der Waals surface area contributed by atoms with Gasteiger partial charge < -0.3 is 24.9 Å². The summed E-state index contributed by atoms with van der Waals surface area (Å²) in [7, 11) is 12.6. The zero-order chi connectivity index (χ0) is 15.8. The lowest BCUT2D eigenvalue weighted by Crippen LogP contribution is -2.28. The summed E-state index contributed by atoms with van der Waals surface area (Å²) in [6.07, 6.45) is 0. The van der Waals surface area contributed by atoms with Crippen molar-refractivity contribution in [3.05, 3.63) is 17.5 Å². The predicted octanol–water partition coefficient (Wildman–Crippen LogP) is 0.0256. The smallest absolute Gasteiger partial charge is 0.0386 e. The lowest BCUT2D eigenvalue weighted by molar-refractivity contribution is 0.273. The Hall–Kier alpha value is -0.950. The predicted molar refractivity (Wildman–Crippen MR) is 87.3 cm³/mol. The Kier molecular flexibility index (Phi) is 7.88. The number of rotatable bonds is 10. The third-order valence-electron chi connectivity index (χ3n) is 3.36. The van der Waals surface area contributed by atoms with Crippen LogP contribution in [0.5, 0.6) is 0 Å². The molecule has 0 fully saturated rings. The van der Waals surface area contributed by atoms with Crippen molar-refractivity contribution in [2.75, 3.05) is 68.5 Å². The molecule has 0 aliphatic rings. The largest absolute Gasteiger partial charge is 0.578 e. The number of nitrogens with zero attached hydrogens (tertiary/aromatic N) is 6. The van der Waals surface area contributed by atoms with Gasteiger partial charge in [-0.1, -0.05) is 6.07 Å². The fourth-order valence-electron chi connectivity index (χ4n) is 1.99. The Balaban J connectivity index is 2.35. The van der Waals surface area contributed by atoms with Crippen molar-refractivity contribution >= 4 is 0 Å². The lowest BCUT2D eigenvalue weighted by Gasteiger charge is -2.20. The molecule has 0 aliphatic carbocycles. The minimum absolute atomic E-state index is 0.863. The van der Waals surface area contributed by atoms with Gasteiger partial charge in [-0.2, -0.15) is 0 Å². The molecule has 0 radical (unpaired) electrons. The van der Waals surface area contributed by atoms with Crippen LogP contribution < -0.4 is 5.10 Å². The summed E-state index contributed by atoms with van der Waals surface area (Å²) in [6, 6.07) is 2.12. The summed E-state index contributed by atoms with van der Waals surface area (Å²) in [5.41, 5.74) is 2.12. The molecule has 1 rings (SSSR count). The Morgan fingerprint density at radius 1 is 0.810 bits per heavy atom. The van der Waals surface area contributed by atoms with Crippen LogP contribution in [0.1, 0.15) is 11.4 Å². The van der Waals surface area contributed by atoms with Crippen LogP contribution in [0.2, 0.25) is 0 Å². The lowest BCUT2D eigenvalue weighted by atomic mass is 10.3. The van der Waals surface area contributed by atoms with Crippen molar-refractivity contribution in [1.82, 2.24) is 29.8 Å². The van der Waals surface area contributed by atoms with Crippen LogP contribution in [0.15, 0.2) is 6.07 Å². The summed E-state index contributed by atoms with van der Waals surface area (Å²) in [5.74, 6) is 0. The van der Waals surface area contributed by atoms with Crippen LogP contribution >= 0.6 is 0 Å². The zero-order valence-electron chi connectivity index (χ0n) is 14.5. The van der Waals surface area contributed by atoms with E-state index in [1.807, 2.05) is 0 Å². The normalized spacial score (nSPS) is 12.3. The molecular weight excluding hydrogens is 264 g/mol. The van der Waals surface area contributed by atoms with Gasteiger partial charge in [-0.25, -0.2) is 0 Å². The van der Waals surface area contributed by atoms with Gasteiger partial charge in [0.05, 0.1) is 0 Å². The maximum atomic E-state index is 4.29. The van der Waals surface area contributed by atoms with E-state index in [1.165, 1.54) is 0 Å². The van der Waals surface area contributed by atoms with Crippen LogP contribution in [0.4, 0.5) is 0 Å². The molecule has 0 spiro atoms. The SMILES string of the molecule is CN(C)CCN(C)Cc1cc(CN(C)CCN(C)C)[n-]n1. The monoisotopic (exact) mass is 295 g/mol. The van der Waals surface area contributed by atoms with Crippen LogP contribution in [-0.2, 0) is 13.1 Å². The molecule has 0 unspecified atom stereocenters. The summed E-state index contributed by atoms with van der Waals surface area (Å²) < 4.78 is 0. The number of likely N-dealkylation sites (N-methyl/N-ethyl adjacent to an activating group) is 4. The second-order valence-electron chi connectivity index (χ2n) is 6.41. The summed E-state index contributed by atoms with van der Waals surface area (Å²) in [5, 5.41) is 8.58. The standard InChI is InChI=1S/C15H31N6/c1-18(2)7-9-20(5)12-14-11-15(17-16-14)13-21(6)10-8-19(3)4/h11H,7-10,12-13H2,1-6H3/q-1. The maximum absolute atomic E-state index is 4.29. The molecule has 0 aliphatic heterocycles. The minimum atomic E-state index is 0.863. The van der Waals surface area contributed by atoms with Crippen LogP contribution in [0, 0.1) is 0 Å². The molecule has 6 nitrogen and oxygen atoms in total. The van der Waals surface area contributed by atoms with E-state index in [9.17, 15) is 0 Å². The first-order valence-electron chi connectivity index (χ1n) is 7.51. The van der Waals surface area contributed by atoms with Crippen molar-refractivity contribution in [2.45, 2.75) is 13.1 Å². The fraction of sp³-hybridized carbons (Fsp3) is 0.800. The van der Waals surface area contributed by atoms with E-state index >= 15 is 0 Å². The van der Waals surface area contributed by atoms with Crippen molar-refractivity contribution in [3.63, 3.8) is 0 Å². The first-order chi connectivity index (χ1) is 9.86. The van der Waals surface area contributed by atoms with E-state index < -0.39 is 0 Å². The van der Waals surface area contributed by atoms with Crippen molar-refractivity contribution in [1.29, 1.82) is 0 Å². The molecule has 122 valence electrons. The van der Waals surface area contributed by atoms with Gasteiger partial charge >= 0.3 is 0 Å². The highest BCUT2D eigenvalue weighted by Crippen LogP contribution is 2.04. The highest BCUT2D eigenvalue weighted by Gasteiger charge is 2.03. The first kappa shape index (κ1) is 18.1. The van der Waals surface area contributed by atoms with Crippen LogP contribution in [0.3, 0.4) is 0 Å². The molecule has 6 heteroatoms. The van der Waals surface area contributed by atoms with Crippen molar-refractivity contribution < 1.29 is 0 Å². The van der Waals surface area contributed by atoms with E-state index in [0.717, 1.165) is 50.7 Å². The highest BCUT2D eigenvalue weighted by molar-refractivity contribution is 5.08. The van der Waals surface area contributed by atoms with Gasteiger partial charge in [0.2, 0.25) is 0 Å². The van der Waals surface area contributed by atoms with E-state index in [-0.39, 0.29) is 0 Å². The van der Waals surface area contributed by atoms with Crippen molar-refractivity contribution in [2.24, 2.45) is 0 Å². The van der Waals surface area contributed by atoms with Crippen LogP contribution in [0.25, 0.3) is 0 Å². The average Bonchev–Trinajstić information content (AvgIpc) is 2.81. The van der Waals surface area contributed by atoms with Gasteiger partial charge in [-0.15, -0.1) is 5.69 Å². The fourth-order valence-corrected chi connectivity index (χ4v) is 1.99. The molecule has 1 heterocycles. The Bertz CT molecular complexity index is 353. The van der Waals surface area contributed by atoms with E-state index in [1.54, 1.807) is 0 Å². The van der Waals surface area contributed by atoms with Gasteiger partial charge in [-0.05, 0) is 42.3 Å². The van der Waals surface area contributed by atoms with Crippen molar-refractivity contribution in [3.8, 4) is 0 Å². The van der Waals surface area contributed by atoms with Gasteiger partial charge in [0.15, 0.2) is 0 Å². The first-order valence-corrected chi connectivity index (χ1v) is 7.51. The van der Waals surface area contributed by atoms with E-state index in [2.05, 4.69) is 78.1 Å². The topological polar surface area (TPSA) is 40.0 Å². The summed E-state index contributed by atoms with van der Waals surface area (Å²) in [4.78, 5) is 8.95. The van der Waals surface area contributed by atoms with Gasteiger partial charge in [0, 0.05) is 45.0 Å². The molecule has 21 heavy (non-hydrogen) atoms. The Morgan fingerprint density at radius 3 is 1.86 bits per heavy atom. The maximum Gasteiger partial charge on any atom is 0.0386 e. The molecule has 0 saturated heterocycles. The second kappa shape index (κ2) is 9.15. The Labute approximate surface area is 129 Å². The quantitative estimate of drug-likeness (QED) is 0.606. The molecule has 0 atom stereocenters. The molecule has 0 saturated carbocycles. The van der Waals surface area contributed by atoms with E-state index in [0.29, 0.717) is 0 Å². The highest BCUT2D eigenvalue weighted by atomic mass is 15.2. The minimum Gasteiger partial charge on any atom is -0.578 e. The summed E-state index contributed by atoms with van der Waals surface area (Å²) in [6.45, 7) is 5.93.